The van der Waals surface area contributed by atoms with Gasteiger partial charge in [0.1, 0.15) is 0 Å². The highest BCUT2D eigenvalue weighted by molar-refractivity contribution is 5.14. The van der Waals surface area contributed by atoms with Gasteiger partial charge in [-0.3, -0.25) is 0 Å². The van der Waals surface area contributed by atoms with Gasteiger partial charge in [-0.1, -0.05) is 37.3 Å². The van der Waals surface area contributed by atoms with Crippen LogP contribution in [-0.4, -0.2) is 19.1 Å². The molecule has 84 valence electrons. The van der Waals surface area contributed by atoms with Crippen molar-refractivity contribution in [2.45, 2.75) is 32.9 Å². The molecule has 1 atom stereocenters. The van der Waals surface area contributed by atoms with Crippen LogP contribution in [0.2, 0.25) is 0 Å². The smallest absolute Gasteiger partial charge is 0.0208 e. The number of hydrogen-bond acceptors (Lipinski definition) is 2. The summed E-state index contributed by atoms with van der Waals surface area (Å²) in [6.07, 6.45) is 1.20. The highest BCUT2D eigenvalue weighted by atomic mass is 15.0. The lowest BCUT2D eigenvalue weighted by Crippen LogP contribution is -2.36. The zero-order chi connectivity index (χ0) is 10.9. The Balaban J connectivity index is 2.14. The number of nitrogens with one attached hydrogen (secondary N) is 2. The van der Waals surface area contributed by atoms with Gasteiger partial charge in [-0.25, -0.2) is 0 Å². The molecule has 0 aliphatic carbocycles. The van der Waals surface area contributed by atoms with E-state index in [0.717, 1.165) is 19.6 Å². The van der Waals surface area contributed by atoms with Crippen molar-refractivity contribution in [2.75, 3.05) is 13.1 Å². The fraction of sp³-hybridized carbons (Fsp3) is 0.538. The Bertz CT molecular complexity index is 246. The van der Waals surface area contributed by atoms with E-state index in [4.69, 9.17) is 0 Å². The molecule has 0 heterocycles. The molecule has 15 heavy (non-hydrogen) atoms. The minimum absolute atomic E-state index is 0.525. The first-order valence-electron chi connectivity index (χ1n) is 5.81. The van der Waals surface area contributed by atoms with Crippen LogP contribution in [0, 0.1) is 0 Å². The molecule has 1 unspecified atom stereocenters. The summed E-state index contributed by atoms with van der Waals surface area (Å²) in [6.45, 7) is 7.51. The molecule has 2 nitrogen and oxygen atoms in total. The van der Waals surface area contributed by atoms with Crippen molar-refractivity contribution in [1.82, 2.24) is 10.6 Å². The first-order chi connectivity index (χ1) is 7.33. The molecule has 1 aromatic rings. The second kappa shape index (κ2) is 7.43. The predicted molar refractivity (Wildman–Crippen MR) is 65.9 cm³/mol. The van der Waals surface area contributed by atoms with Crippen molar-refractivity contribution in [3.8, 4) is 0 Å². The SMILES string of the molecule is CCCNCC(C)NCc1ccccc1. The topological polar surface area (TPSA) is 24.1 Å². The minimum Gasteiger partial charge on any atom is -0.315 e. The van der Waals surface area contributed by atoms with Crippen molar-refractivity contribution in [1.29, 1.82) is 0 Å². The van der Waals surface area contributed by atoms with E-state index in [0.29, 0.717) is 6.04 Å². The molecule has 1 rings (SSSR count). The molecule has 0 saturated carbocycles. The molecule has 0 bridgehead atoms. The van der Waals surface area contributed by atoms with Crippen molar-refractivity contribution in [3.05, 3.63) is 35.9 Å². The standard InChI is InChI=1S/C13H22N2/c1-3-9-14-10-12(2)15-11-13-7-5-4-6-8-13/h4-8,12,14-15H,3,9-11H2,1-2H3. The summed E-state index contributed by atoms with van der Waals surface area (Å²) < 4.78 is 0. The zero-order valence-electron chi connectivity index (χ0n) is 9.79. The van der Waals surface area contributed by atoms with Gasteiger partial charge in [-0.2, -0.15) is 0 Å². The monoisotopic (exact) mass is 206 g/mol. The van der Waals surface area contributed by atoms with E-state index in [1.54, 1.807) is 0 Å². The summed E-state index contributed by atoms with van der Waals surface area (Å²) in [5, 5.41) is 6.90. The fourth-order valence-corrected chi connectivity index (χ4v) is 1.46. The average molecular weight is 206 g/mol. The van der Waals surface area contributed by atoms with E-state index in [9.17, 15) is 0 Å². The van der Waals surface area contributed by atoms with Crippen LogP contribution in [0.15, 0.2) is 30.3 Å². The molecular weight excluding hydrogens is 184 g/mol. The Morgan fingerprint density at radius 3 is 2.60 bits per heavy atom. The summed E-state index contributed by atoms with van der Waals surface area (Å²) in [4.78, 5) is 0. The molecule has 0 aliphatic heterocycles. The molecule has 2 heteroatoms. The van der Waals surface area contributed by atoms with Crippen LogP contribution in [0.5, 0.6) is 0 Å². The summed E-state index contributed by atoms with van der Waals surface area (Å²) in [5.74, 6) is 0. The van der Waals surface area contributed by atoms with E-state index in [2.05, 4.69) is 54.8 Å². The van der Waals surface area contributed by atoms with Gasteiger partial charge >= 0.3 is 0 Å². The van der Waals surface area contributed by atoms with Gasteiger partial charge in [0.25, 0.3) is 0 Å². The van der Waals surface area contributed by atoms with Crippen LogP contribution in [-0.2, 0) is 6.54 Å². The molecule has 1 aromatic carbocycles. The van der Waals surface area contributed by atoms with Crippen LogP contribution in [0.4, 0.5) is 0 Å². The Morgan fingerprint density at radius 1 is 1.20 bits per heavy atom. The normalized spacial score (nSPS) is 12.7. The van der Waals surface area contributed by atoms with Gasteiger partial charge in [0, 0.05) is 19.1 Å². The number of benzene rings is 1. The van der Waals surface area contributed by atoms with E-state index in [-0.39, 0.29) is 0 Å². The Morgan fingerprint density at radius 2 is 1.93 bits per heavy atom. The molecule has 0 spiro atoms. The van der Waals surface area contributed by atoms with Crippen LogP contribution in [0.1, 0.15) is 25.8 Å². The highest BCUT2D eigenvalue weighted by Crippen LogP contribution is 1.97. The molecule has 0 fully saturated rings. The Hall–Kier alpha value is -0.860. The van der Waals surface area contributed by atoms with Gasteiger partial charge in [0.2, 0.25) is 0 Å². The third-order valence-corrected chi connectivity index (χ3v) is 2.37. The summed E-state index contributed by atoms with van der Waals surface area (Å²) >= 11 is 0. The second-order valence-electron chi connectivity index (χ2n) is 3.97. The lowest BCUT2D eigenvalue weighted by molar-refractivity contribution is 0.501. The highest BCUT2D eigenvalue weighted by Gasteiger charge is 1.99. The first-order valence-corrected chi connectivity index (χ1v) is 5.81. The van der Waals surface area contributed by atoms with E-state index < -0.39 is 0 Å². The molecule has 0 amide bonds. The van der Waals surface area contributed by atoms with Crippen LogP contribution in [0.3, 0.4) is 0 Å². The molecule has 0 aromatic heterocycles. The maximum atomic E-state index is 3.50. The van der Waals surface area contributed by atoms with Crippen molar-refractivity contribution in [2.24, 2.45) is 0 Å². The van der Waals surface area contributed by atoms with Crippen LogP contribution in [0.25, 0.3) is 0 Å². The molecule has 2 N–H and O–H groups in total. The fourth-order valence-electron chi connectivity index (χ4n) is 1.46. The van der Waals surface area contributed by atoms with Crippen molar-refractivity contribution >= 4 is 0 Å². The third kappa shape index (κ3) is 5.55. The summed E-state index contributed by atoms with van der Waals surface area (Å²) in [5.41, 5.74) is 1.35. The van der Waals surface area contributed by atoms with Crippen molar-refractivity contribution in [3.63, 3.8) is 0 Å². The van der Waals surface area contributed by atoms with Gasteiger partial charge < -0.3 is 10.6 Å². The minimum atomic E-state index is 0.525. The van der Waals surface area contributed by atoms with E-state index in [1.807, 2.05) is 0 Å². The predicted octanol–water partition coefficient (Wildman–Crippen LogP) is 2.16. The maximum absolute atomic E-state index is 3.50. The average Bonchev–Trinajstić information content (AvgIpc) is 2.28. The molecule has 0 aliphatic rings. The van der Waals surface area contributed by atoms with E-state index in [1.165, 1.54) is 12.0 Å². The Labute approximate surface area is 93.1 Å². The van der Waals surface area contributed by atoms with E-state index >= 15 is 0 Å². The molecule has 0 saturated heterocycles. The van der Waals surface area contributed by atoms with Gasteiger partial charge in [0.15, 0.2) is 0 Å². The van der Waals surface area contributed by atoms with Gasteiger partial charge in [-0.05, 0) is 25.5 Å². The number of rotatable bonds is 7. The largest absolute Gasteiger partial charge is 0.315 e. The van der Waals surface area contributed by atoms with Crippen molar-refractivity contribution < 1.29 is 0 Å². The lowest BCUT2D eigenvalue weighted by atomic mass is 10.2. The summed E-state index contributed by atoms with van der Waals surface area (Å²) in [6, 6.07) is 11.0. The quantitative estimate of drug-likeness (QED) is 0.668. The Kier molecular flexibility index (Phi) is 6.05. The third-order valence-electron chi connectivity index (χ3n) is 2.37. The lowest BCUT2D eigenvalue weighted by Gasteiger charge is -2.14. The van der Waals surface area contributed by atoms with Crippen LogP contribution >= 0.6 is 0 Å². The molecule has 0 radical (unpaired) electrons. The zero-order valence-corrected chi connectivity index (χ0v) is 9.79. The molecular formula is C13H22N2. The maximum Gasteiger partial charge on any atom is 0.0208 e. The van der Waals surface area contributed by atoms with Gasteiger partial charge in [0.05, 0.1) is 0 Å². The number of hydrogen-bond donors (Lipinski definition) is 2. The van der Waals surface area contributed by atoms with Crippen LogP contribution < -0.4 is 10.6 Å². The summed E-state index contributed by atoms with van der Waals surface area (Å²) in [7, 11) is 0. The second-order valence-corrected chi connectivity index (χ2v) is 3.97. The van der Waals surface area contributed by atoms with Gasteiger partial charge in [-0.15, -0.1) is 0 Å². The first kappa shape index (κ1) is 12.2.